The number of ketones is 1. The fourth-order valence-electron chi connectivity index (χ4n) is 1.96. The van der Waals surface area contributed by atoms with Crippen LogP contribution in [0.3, 0.4) is 0 Å². The first-order chi connectivity index (χ1) is 11.4. The van der Waals surface area contributed by atoms with Gasteiger partial charge in [0.25, 0.3) is 0 Å². The number of esters is 1. The summed E-state index contributed by atoms with van der Waals surface area (Å²) in [5.74, 6) is -1.28. The van der Waals surface area contributed by atoms with Gasteiger partial charge in [0.2, 0.25) is 0 Å². The van der Waals surface area contributed by atoms with Crippen molar-refractivity contribution in [2.45, 2.75) is 12.8 Å². The first-order valence-electron chi connectivity index (χ1n) is 6.99. The zero-order chi connectivity index (χ0) is 17.7. The van der Waals surface area contributed by atoms with E-state index in [1.807, 2.05) is 0 Å². The highest BCUT2D eigenvalue weighted by molar-refractivity contribution is 6.46. The van der Waals surface area contributed by atoms with Gasteiger partial charge >= 0.3 is 5.97 Å². The lowest BCUT2D eigenvalue weighted by molar-refractivity contribution is 0.0494. The average molecular weight is 390 g/mol. The van der Waals surface area contributed by atoms with Crippen LogP contribution in [-0.4, -0.2) is 18.4 Å². The second-order valence-corrected chi connectivity index (χ2v) is 6.08. The number of hydrogen-bond acceptors (Lipinski definition) is 3. The SMILES string of the molecule is O=C(CCCOC(=O)c1c(Cl)ccc(Cl)c1Cl)c1ccc(F)cc1. The first kappa shape index (κ1) is 18.7. The maximum atomic E-state index is 12.8. The largest absolute Gasteiger partial charge is 0.462 e. The van der Waals surface area contributed by atoms with Crippen molar-refractivity contribution in [3.63, 3.8) is 0 Å². The predicted molar refractivity (Wildman–Crippen MR) is 91.7 cm³/mol. The molecule has 126 valence electrons. The molecule has 2 rings (SSSR count). The van der Waals surface area contributed by atoms with Gasteiger partial charge in [0.05, 0.1) is 27.2 Å². The van der Waals surface area contributed by atoms with E-state index in [2.05, 4.69) is 0 Å². The molecule has 0 N–H and O–H groups in total. The fourth-order valence-corrected chi connectivity index (χ4v) is 2.65. The molecule has 0 aliphatic carbocycles. The van der Waals surface area contributed by atoms with Crippen molar-refractivity contribution in [3.05, 3.63) is 68.4 Å². The van der Waals surface area contributed by atoms with Crippen LogP contribution in [0.15, 0.2) is 36.4 Å². The zero-order valence-electron chi connectivity index (χ0n) is 12.3. The Morgan fingerprint density at radius 1 is 0.958 bits per heavy atom. The van der Waals surface area contributed by atoms with E-state index in [4.69, 9.17) is 39.5 Å². The van der Waals surface area contributed by atoms with Gasteiger partial charge in [0.15, 0.2) is 5.78 Å². The molecule has 0 aliphatic rings. The van der Waals surface area contributed by atoms with Crippen molar-refractivity contribution in [1.29, 1.82) is 0 Å². The quantitative estimate of drug-likeness (QED) is 0.279. The van der Waals surface area contributed by atoms with Crippen molar-refractivity contribution in [2.75, 3.05) is 6.61 Å². The van der Waals surface area contributed by atoms with Crippen LogP contribution in [0.2, 0.25) is 15.1 Å². The third-order valence-electron chi connectivity index (χ3n) is 3.20. The number of carbonyl (C=O) groups excluding carboxylic acids is 2. The van der Waals surface area contributed by atoms with Crippen LogP contribution in [0.1, 0.15) is 33.6 Å². The number of ether oxygens (including phenoxy) is 1. The van der Waals surface area contributed by atoms with Crippen molar-refractivity contribution < 1.29 is 18.7 Å². The monoisotopic (exact) mass is 388 g/mol. The summed E-state index contributed by atoms with van der Waals surface area (Å²) in [6, 6.07) is 8.19. The van der Waals surface area contributed by atoms with Crippen LogP contribution < -0.4 is 0 Å². The molecule has 2 aromatic rings. The number of hydrogen-bond donors (Lipinski definition) is 0. The smallest absolute Gasteiger partial charge is 0.341 e. The lowest BCUT2D eigenvalue weighted by Crippen LogP contribution is -2.09. The van der Waals surface area contributed by atoms with E-state index >= 15 is 0 Å². The average Bonchev–Trinajstić information content (AvgIpc) is 2.56. The van der Waals surface area contributed by atoms with Crippen LogP contribution >= 0.6 is 34.8 Å². The lowest BCUT2D eigenvalue weighted by atomic mass is 10.1. The van der Waals surface area contributed by atoms with Gasteiger partial charge < -0.3 is 4.74 Å². The summed E-state index contributed by atoms with van der Waals surface area (Å²) >= 11 is 17.7. The molecule has 7 heteroatoms. The van der Waals surface area contributed by atoms with Crippen molar-refractivity contribution in [1.82, 2.24) is 0 Å². The van der Waals surface area contributed by atoms with Crippen LogP contribution in [0.4, 0.5) is 4.39 Å². The van der Waals surface area contributed by atoms with E-state index in [1.165, 1.54) is 36.4 Å². The van der Waals surface area contributed by atoms with Gasteiger partial charge in [-0.2, -0.15) is 0 Å². The summed E-state index contributed by atoms with van der Waals surface area (Å²) < 4.78 is 17.9. The predicted octanol–water partition coefficient (Wildman–Crippen LogP) is 5.61. The van der Waals surface area contributed by atoms with Gasteiger partial charge in [-0.15, -0.1) is 0 Å². The van der Waals surface area contributed by atoms with E-state index in [-0.39, 0.29) is 39.4 Å². The molecule has 0 saturated carbocycles. The molecular formula is C17H12Cl3FO3. The van der Waals surface area contributed by atoms with E-state index in [9.17, 15) is 14.0 Å². The second kappa shape index (κ2) is 8.47. The highest BCUT2D eigenvalue weighted by atomic mass is 35.5. The van der Waals surface area contributed by atoms with E-state index in [0.717, 1.165) is 0 Å². The Kier molecular flexibility index (Phi) is 6.60. The molecule has 24 heavy (non-hydrogen) atoms. The fraction of sp³-hybridized carbons (Fsp3) is 0.176. The molecule has 0 spiro atoms. The summed E-state index contributed by atoms with van der Waals surface area (Å²) in [6.45, 7) is 0.0188. The third kappa shape index (κ3) is 4.69. The highest BCUT2D eigenvalue weighted by Gasteiger charge is 2.18. The van der Waals surface area contributed by atoms with E-state index in [0.29, 0.717) is 12.0 Å². The van der Waals surface area contributed by atoms with Gasteiger partial charge in [0.1, 0.15) is 5.82 Å². The Morgan fingerprint density at radius 3 is 2.25 bits per heavy atom. The Balaban J connectivity index is 1.86. The Hall–Kier alpha value is -1.62. The van der Waals surface area contributed by atoms with Crippen LogP contribution in [0.5, 0.6) is 0 Å². The summed E-state index contributed by atoms with van der Waals surface area (Å²) in [6.07, 6.45) is 0.480. The molecule has 0 atom stereocenters. The topological polar surface area (TPSA) is 43.4 Å². The number of carbonyl (C=O) groups is 2. The minimum Gasteiger partial charge on any atom is -0.462 e. The lowest BCUT2D eigenvalue weighted by Gasteiger charge is -2.09. The Bertz CT molecular complexity index is 760. The van der Waals surface area contributed by atoms with Crippen molar-refractivity contribution in [2.24, 2.45) is 0 Å². The first-order valence-corrected chi connectivity index (χ1v) is 8.13. The zero-order valence-corrected chi connectivity index (χ0v) is 14.6. The number of halogens is 4. The van der Waals surface area contributed by atoms with Crippen LogP contribution in [0.25, 0.3) is 0 Å². The molecule has 0 aromatic heterocycles. The summed E-state index contributed by atoms with van der Waals surface area (Å²) in [4.78, 5) is 23.9. The standard InChI is InChI=1S/C17H12Cl3FO3/c18-12-7-8-13(19)16(20)15(12)17(23)24-9-1-2-14(22)10-3-5-11(21)6-4-10/h3-8H,1-2,9H2. The van der Waals surface area contributed by atoms with Gasteiger partial charge in [-0.1, -0.05) is 34.8 Å². The third-order valence-corrected chi connectivity index (χ3v) is 4.31. The van der Waals surface area contributed by atoms with E-state index in [1.54, 1.807) is 0 Å². The van der Waals surface area contributed by atoms with Gasteiger partial charge in [-0.3, -0.25) is 4.79 Å². The van der Waals surface area contributed by atoms with Gasteiger partial charge in [-0.05, 0) is 42.8 Å². The molecule has 0 saturated heterocycles. The Labute approximate surface area is 153 Å². The summed E-state index contributed by atoms with van der Waals surface area (Å²) in [5, 5.41) is 0.354. The molecule has 0 aliphatic heterocycles. The minimum atomic E-state index is -0.707. The maximum absolute atomic E-state index is 12.8. The van der Waals surface area contributed by atoms with Crippen LogP contribution in [-0.2, 0) is 4.74 Å². The van der Waals surface area contributed by atoms with Crippen molar-refractivity contribution >= 4 is 46.6 Å². The molecule has 2 aromatic carbocycles. The molecule has 0 amide bonds. The van der Waals surface area contributed by atoms with Crippen molar-refractivity contribution in [3.8, 4) is 0 Å². The summed E-state index contributed by atoms with van der Waals surface area (Å²) in [5.41, 5.74) is 0.402. The summed E-state index contributed by atoms with van der Waals surface area (Å²) in [7, 11) is 0. The van der Waals surface area contributed by atoms with Gasteiger partial charge in [-0.25, -0.2) is 9.18 Å². The van der Waals surface area contributed by atoms with E-state index < -0.39 is 11.8 Å². The Morgan fingerprint density at radius 2 is 1.58 bits per heavy atom. The second-order valence-electron chi connectivity index (χ2n) is 4.89. The molecule has 0 unspecified atom stereocenters. The number of Topliss-reactive ketones (excluding diaryl/α,β-unsaturated/α-hetero) is 1. The minimum absolute atomic E-state index is 0.00399. The molecular weight excluding hydrogens is 378 g/mol. The molecule has 0 heterocycles. The van der Waals surface area contributed by atoms with Crippen LogP contribution in [0, 0.1) is 5.82 Å². The highest BCUT2D eigenvalue weighted by Crippen LogP contribution is 2.31. The normalized spacial score (nSPS) is 10.5. The molecule has 0 radical (unpaired) electrons. The number of rotatable bonds is 6. The molecule has 0 fully saturated rings. The number of benzene rings is 2. The maximum Gasteiger partial charge on any atom is 0.341 e. The molecule has 3 nitrogen and oxygen atoms in total. The van der Waals surface area contributed by atoms with Gasteiger partial charge in [0, 0.05) is 12.0 Å². The molecule has 0 bridgehead atoms.